The standard InChI is InChI=1S/C21H19ClF3N3O4/c1-28(12-2-5-16(27-10-12)21(23,24)25)19-13-8-9-26-11-20(14(13)3-4-15(19)22)31-17(29)6-7-18(30)32-20/h2-5,10,26H,6-9,11H2,1H3. The van der Waals surface area contributed by atoms with Crippen LogP contribution in [0.2, 0.25) is 5.02 Å². The fraction of sp³-hybridized carbons (Fsp3) is 0.381. The number of fused-ring (bicyclic) bond motifs is 2. The quantitative estimate of drug-likeness (QED) is 0.672. The predicted octanol–water partition coefficient (Wildman–Crippen LogP) is 3.70. The maximum atomic E-state index is 12.9. The number of benzene rings is 1. The molecule has 1 aromatic heterocycles. The molecular weight excluding hydrogens is 451 g/mol. The van der Waals surface area contributed by atoms with Gasteiger partial charge in [-0.05, 0) is 42.8 Å². The maximum Gasteiger partial charge on any atom is 0.433 e. The molecule has 0 aliphatic carbocycles. The van der Waals surface area contributed by atoms with Crippen LogP contribution in [0, 0.1) is 0 Å². The first-order valence-corrected chi connectivity index (χ1v) is 10.2. The van der Waals surface area contributed by atoms with Gasteiger partial charge in [0.05, 0.1) is 42.0 Å². The normalized spacial score (nSPS) is 18.3. The summed E-state index contributed by atoms with van der Waals surface area (Å²) < 4.78 is 49.9. The molecule has 2 aromatic rings. The van der Waals surface area contributed by atoms with Crippen molar-refractivity contribution in [1.82, 2.24) is 10.3 Å². The molecule has 4 rings (SSSR count). The Balaban J connectivity index is 1.81. The highest BCUT2D eigenvalue weighted by atomic mass is 35.5. The van der Waals surface area contributed by atoms with Crippen molar-refractivity contribution in [3.05, 3.63) is 52.3 Å². The summed E-state index contributed by atoms with van der Waals surface area (Å²) in [6, 6.07) is 5.39. The summed E-state index contributed by atoms with van der Waals surface area (Å²) in [6.45, 7) is 0.528. The van der Waals surface area contributed by atoms with Crippen LogP contribution in [0.15, 0.2) is 30.5 Å². The lowest BCUT2D eigenvalue weighted by Crippen LogP contribution is -2.43. The summed E-state index contributed by atoms with van der Waals surface area (Å²) >= 11 is 6.50. The zero-order valence-electron chi connectivity index (χ0n) is 17.0. The second-order valence-electron chi connectivity index (χ2n) is 7.51. The van der Waals surface area contributed by atoms with Crippen molar-refractivity contribution in [2.24, 2.45) is 0 Å². The van der Waals surface area contributed by atoms with Crippen molar-refractivity contribution in [3.63, 3.8) is 0 Å². The minimum Gasteiger partial charge on any atom is -0.416 e. The van der Waals surface area contributed by atoms with Gasteiger partial charge in [0.25, 0.3) is 5.79 Å². The van der Waals surface area contributed by atoms with Gasteiger partial charge in [0.2, 0.25) is 0 Å². The van der Waals surface area contributed by atoms with Crippen molar-refractivity contribution >= 4 is 34.9 Å². The van der Waals surface area contributed by atoms with E-state index in [-0.39, 0.29) is 19.4 Å². The Bertz CT molecular complexity index is 1040. The molecule has 3 heterocycles. The summed E-state index contributed by atoms with van der Waals surface area (Å²) in [5.41, 5.74) is 0.956. The number of carbonyl (C=O) groups excluding carboxylic acids is 2. The fourth-order valence-corrected chi connectivity index (χ4v) is 4.20. The molecule has 32 heavy (non-hydrogen) atoms. The van der Waals surface area contributed by atoms with Crippen molar-refractivity contribution in [2.45, 2.75) is 31.2 Å². The summed E-state index contributed by atoms with van der Waals surface area (Å²) in [5.74, 6) is -2.79. The number of hydrogen-bond acceptors (Lipinski definition) is 7. The average Bonchev–Trinajstić information content (AvgIpc) is 3.00. The first-order chi connectivity index (χ1) is 15.1. The Kier molecular flexibility index (Phi) is 5.76. The molecule has 1 spiro atoms. The summed E-state index contributed by atoms with van der Waals surface area (Å²) in [7, 11) is 1.64. The molecule has 0 atom stereocenters. The van der Waals surface area contributed by atoms with Crippen LogP contribution in [0.25, 0.3) is 0 Å². The van der Waals surface area contributed by atoms with Crippen molar-refractivity contribution in [3.8, 4) is 0 Å². The summed E-state index contributed by atoms with van der Waals surface area (Å²) in [4.78, 5) is 29.6. The van der Waals surface area contributed by atoms with Gasteiger partial charge in [-0.15, -0.1) is 0 Å². The minimum atomic E-state index is -4.55. The van der Waals surface area contributed by atoms with Gasteiger partial charge in [0.1, 0.15) is 5.69 Å². The van der Waals surface area contributed by atoms with Crippen LogP contribution >= 0.6 is 11.6 Å². The molecule has 2 aliphatic heterocycles. The number of nitrogens with zero attached hydrogens (tertiary/aromatic N) is 2. The van der Waals surface area contributed by atoms with E-state index in [0.717, 1.165) is 12.3 Å². The Morgan fingerprint density at radius 2 is 1.78 bits per heavy atom. The van der Waals surface area contributed by atoms with Crippen molar-refractivity contribution in [2.75, 3.05) is 25.0 Å². The van der Waals surface area contributed by atoms with Gasteiger partial charge in [-0.3, -0.25) is 9.59 Å². The number of ether oxygens (including phenoxy) is 2. The van der Waals surface area contributed by atoms with Crippen LogP contribution in [-0.2, 0) is 37.4 Å². The van der Waals surface area contributed by atoms with Crippen LogP contribution < -0.4 is 10.2 Å². The number of nitrogens with one attached hydrogen (secondary N) is 1. The van der Waals surface area contributed by atoms with Crippen molar-refractivity contribution in [1.29, 1.82) is 0 Å². The zero-order valence-corrected chi connectivity index (χ0v) is 17.7. The van der Waals surface area contributed by atoms with E-state index in [1.807, 2.05) is 0 Å². The second-order valence-corrected chi connectivity index (χ2v) is 7.92. The van der Waals surface area contributed by atoms with Gasteiger partial charge in [0.15, 0.2) is 0 Å². The Morgan fingerprint density at radius 1 is 1.09 bits per heavy atom. The third-order valence-electron chi connectivity index (χ3n) is 5.41. The molecular formula is C21H19ClF3N3O4. The molecule has 0 radical (unpaired) electrons. The number of rotatable bonds is 2. The van der Waals surface area contributed by atoms with Crippen LogP contribution in [0.5, 0.6) is 0 Å². The minimum absolute atomic E-state index is 0.0596. The number of pyridine rings is 1. The smallest absolute Gasteiger partial charge is 0.416 e. The van der Waals surface area contributed by atoms with Crippen LogP contribution in [-0.4, -0.2) is 37.1 Å². The number of esters is 2. The molecule has 2 aliphatic rings. The maximum absolute atomic E-state index is 12.9. The predicted molar refractivity (Wildman–Crippen MR) is 108 cm³/mol. The van der Waals surface area contributed by atoms with Gasteiger partial charge in [-0.25, -0.2) is 4.98 Å². The number of alkyl halides is 3. The van der Waals surface area contributed by atoms with Gasteiger partial charge < -0.3 is 19.7 Å². The molecule has 0 amide bonds. The molecule has 0 unspecified atom stereocenters. The number of carbonyl (C=O) groups is 2. The van der Waals surface area contributed by atoms with E-state index in [2.05, 4.69) is 10.3 Å². The monoisotopic (exact) mass is 469 g/mol. The fourth-order valence-electron chi connectivity index (χ4n) is 3.90. The molecule has 1 N–H and O–H groups in total. The molecule has 170 valence electrons. The molecule has 7 nitrogen and oxygen atoms in total. The number of anilines is 2. The van der Waals surface area contributed by atoms with Crippen molar-refractivity contribution < 1.29 is 32.2 Å². The van der Waals surface area contributed by atoms with Gasteiger partial charge in [-0.1, -0.05) is 11.6 Å². The average molecular weight is 470 g/mol. The van der Waals surface area contributed by atoms with E-state index in [1.54, 1.807) is 24.1 Å². The van der Waals surface area contributed by atoms with Crippen LogP contribution in [0.4, 0.5) is 24.5 Å². The van der Waals surface area contributed by atoms with Crippen LogP contribution in [0.3, 0.4) is 0 Å². The third-order valence-corrected chi connectivity index (χ3v) is 5.71. The largest absolute Gasteiger partial charge is 0.433 e. The Morgan fingerprint density at radius 3 is 2.38 bits per heavy atom. The third kappa shape index (κ3) is 4.12. The number of halogens is 4. The van der Waals surface area contributed by atoms with E-state index >= 15 is 0 Å². The summed E-state index contributed by atoms with van der Waals surface area (Å²) in [6.07, 6.45) is -3.18. The lowest BCUT2D eigenvalue weighted by Gasteiger charge is -2.33. The van der Waals surface area contributed by atoms with E-state index in [1.165, 1.54) is 6.07 Å². The highest BCUT2D eigenvalue weighted by Gasteiger charge is 2.46. The molecule has 1 fully saturated rings. The molecule has 0 bridgehead atoms. The Labute approximate surface area is 186 Å². The van der Waals surface area contributed by atoms with Gasteiger partial charge in [-0.2, -0.15) is 13.2 Å². The van der Waals surface area contributed by atoms with Crippen LogP contribution in [0.1, 0.15) is 29.7 Å². The Hall–Kier alpha value is -2.85. The highest BCUT2D eigenvalue weighted by molar-refractivity contribution is 6.33. The molecule has 1 aromatic carbocycles. The van der Waals surface area contributed by atoms with Gasteiger partial charge >= 0.3 is 18.1 Å². The van der Waals surface area contributed by atoms with E-state index in [9.17, 15) is 22.8 Å². The topological polar surface area (TPSA) is 80.8 Å². The molecule has 1 saturated heterocycles. The SMILES string of the molecule is CN(c1ccc(C(F)(F)F)nc1)c1c(Cl)ccc2c1CCNCC21OC(=O)CCC(=O)O1. The molecule has 0 saturated carbocycles. The summed E-state index contributed by atoms with van der Waals surface area (Å²) in [5, 5.41) is 3.45. The first-order valence-electron chi connectivity index (χ1n) is 9.84. The number of aromatic nitrogens is 1. The van der Waals surface area contributed by atoms with Gasteiger partial charge in [0, 0.05) is 12.6 Å². The second kappa shape index (κ2) is 8.25. The highest BCUT2D eigenvalue weighted by Crippen LogP contribution is 2.43. The first kappa shape index (κ1) is 22.3. The lowest BCUT2D eigenvalue weighted by molar-refractivity contribution is -0.225. The van der Waals surface area contributed by atoms with E-state index in [4.69, 9.17) is 21.1 Å². The van der Waals surface area contributed by atoms with E-state index in [0.29, 0.717) is 40.5 Å². The van der Waals surface area contributed by atoms with E-state index < -0.39 is 29.6 Å². The molecule has 11 heteroatoms. The lowest BCUT2D eigenvalue weighted by atomic mass is 9.95. The zero-order chi connectivity index (χ0) is 23.1. The number of hydrogen-bond donors (Lipinski definition) is 1.